The van der Waals surface area contributed by atoms with Gasteiger partial charge in [0.15, 0.2) is 0 Å². The zero-order valence-corrected chi connectivity index (χ0v) is 10.2. The molecule has 92 valence electrons. The van der Waals surface area contributed by atoms with Gasteiger partial charge >= 0.3 is 12.1 Å². The molecule has 0 radical (unpaired) electrons. The summed E-state index contributed by atoms with van der Waals surface area (Å²) < 4.78 is 9.67. The van der Waals surface area contributed by atoms with Crippen molar-refractivity contribution in [2.45, 2.75) is 33.3 Å². The number of hydrogen-bond acceptors (Lipinski definition) is 4. The van der Waals surface area contributed by atoms with Gasteiger partial charge < -0.3 is 14.8 Å². The van der Waals surface area contributed by atoms with Crippen LogP contribution in [-0.2, 0) is 14.3 Å². The molecule has 0 fully saturated rings. The van der Waals surface area contributed by atoms with Crippen molar-refractivity contribution in [2.75, 3.05) is 13.2 Å². The van der Waals surface area contributed by atoms with Gasteiger partial charge in [-0.3, -0.25) is 4.79 Å². The van der Waals surface area contributed by atoms with E-state index in [2.05, 4.69) is 10.1 Å². The molecule has 0 rings (SSSR count). The van der Waals surface area contributed by atoms with E-state index in [-0.39, 0.29) is 12.6 Å². The first-order valence-electron chi connectivity index (χ1n) is 5.06. The van der Waals surface area contributed by atoms with Crippen LogP contribution in [0.4, 0.5) is 4.79 Å². The van der Waals surface area contributed by atoms with Crippen molar-refractivity contribution in [1.29, 1.82) is 0 Å². The summed E-state index contributed by atoms with van der Waals surface area (Å²) in [5.41, 5.74) is -0.495. The van der Waals surface area contributed by atoms with Crippen molar-refractivity contribution in [3.05, 3.63) is 12.2 Å². The second-order valence-electron chi connectivity index (χ2n) is 4.16. The second kappa shape index (κ2) is 6.87. The first kappa shape index (κ1) is 14.5. The van der Waals surface area contributed by atoms with Crippen molar-refractivity contribution in [2.24, 2.45) is 0 Å². The van der Waals surface area contributed by atoms with E-state index in [0.717, 1.165) is 0 Å². The smallest absolute Gasteiger partial charge is 0.407 e. The van der Waals surface area contributed by atoms with Crippen molar-refractivity contribution in [3.8, 4) is 0 Å². The number of rotatable bonds is 4. The Balaban J connectivity index is 3.58. The molecule has 1 N–H and O–H groups in total. The number of nitrogens with one attached hydrogen (secondary N) is 1. The number of hydrogen-bond donors (Lipinski definition) is 1. The summed E-state index contributed by atoms with van der Waals surface area (Å²) in [5, 5.41) is 2.54. The Morgan fingerprint density at radius 3 is 2.38 bits per heavy atom. The van der Waals surface area contributed by atoms with Gasteiger partial charge in [-0.05, 0) is 26.8 Å². The molecule has 0 saturated carbocycles. The van der Waals surface area contributed by atoms with Crippen molar-refractivity contribution < 1.29 is 19.1 Å². The Morgan fingerprint density at radius 1 is 1.25 bits per heavy atom. The molecule has 0 aliphatic rings. The number of esters is 1. The molecule has 0 aliphatic carbocycles. The zero-order chi connectivity index (χ0) is 12.6. The van der Waals surface area contributed by atoms with Crippen LogP contribution in [0.15, 0.2) is 12.2 Å². The van der Waals surface area contributed by atoms with Crippen LogP contribution in [0.5, 0.6) is 0 Å². The van der Waals surface area contributed by atoms with Gasteiger partial charge in [-0.1, -0.05) is 6.08 Å². The molecule has 0 atom stereocenters. The maximum atomic E-state index is 11.1. The molecule has 0 spiro atoms. The Hall–Kier alpha value is -1.52. The third-order valence-electron chi connectivity index (χ3n) is 1.31. The normalized spacial score (nSPS) is 11.2. The van der Waals surface area contributed by atoms with Gasteiger partial charge in [0.05, 0.1) is 0 Å². The average Bonchev–Trinajstić information content (AvgIpc) is 2.07. The first-order valence-corrected chi connectivity index (χ1v) is 5.06. The lowest BCUT2D eigenvalue weighted by Crippen LogP contribution is -2.32. The van der Waals surface area contributed by atoms with Gasteiger partial charge in [-0.2, -0.15) is 0 Å². The summed E-state index contributed by atoms with van der Waals surface area (Å²) in [7, 11) is 0. The summed E-state index contributed by atoms with van der Waals surface area (Å²) in [6.45, 7) is 7.28. The summed E-state index contributed by atoms with van der Waals surface area (Å²) >= 11 is 0. The highest BCUT2D eigenvalue weighted by molar-refractivity contribution is 5.67. The minimum Gasteiger partial charge on any atom is -0.462 e. The first-order chi connectivity index (χ1) is 7.31. The average molecular weight is 229 g/mol. The standard InChI is InChI=1S/C11H19NO4/c1-9(13)15-8-6-5-7-12-10(14)16-11(2,3)4/h5-6H,7-8H2,1-4H3,(H,12,14)/b6-5+. The van der Waals surface area contributed by atoms with E-state index < -0.39 is 11.7 Å². The molecule has 0 aromatic carbocycles. The summed E-state index contributed by atoms with van der Waals surface area (Å²) in [6.07, 6.45) is 2.87. The molecule has 0 saturated heterocycles. The molecule has 1 amide bonds. The number of carbonyl (C=O) groups excluding carboxylic acids is 2. The molecule has 0 aliphatic heterocycles. The van der Waals surface area contributed by atoms with E-state index >= 15 is 0 Å². The van der Waals surface area contributed by atoms with Crippen LogP contribution in [0.1, 0.15) is 27.7 Å². The maximum absolute atomic E-state index is 11.1. The second-order valence-corrected chi connectivity index (χ2v) is 4.16. The SMILES string of the molecule is CC(=O)OC/C=C/CNC(=O)OC(C)(C)C. The summed E-state index contributed by atoms with van der Waals surface area (Å²) in [6, 6.07) is 0. The molecule has 0 heterocycles. The molecule has 0 aromatic heterocycles. The fourth-order valence-electron chi connectivity index (χ4n) is 0.773. The van der Waals surface area contributed by atoms with Crippen LogP contribution in [0.25, 0.3) is 0 Å². The van der Waals surface area contributed by atoms with Gasteiger partial charge in [0.25, 0.3) is 0 Å². The Bertz CT molecular complexity index is 266. The zero-order valence-electron chi connectivity index (χ0n) is 10.2. The number of carbonyl (C=O) groups is 2. The van der Waals surface area contributed by atoms with E-state index in [4.69, 9.17) is 4.74 Å². The van der Waals surface area contributed by atoms with Crippen molar-refractivity contribution in [1.82, 2.24) is 5.32 Å². The molecule has 16 heavy (non-hydrogen) atoms. The molecule has 5 nitrogen and oxygen atoms in total. The highest BCUT2D eigenvalue weighted by atomic mass is 16.6. The quantitative estimate of drug-likeness (QED) is 0.588. The third kappa shape index (κ3) is 10.6. The summed E-state index contributed by atoms with van der Waals surface area (Å²) in [5.74, 6) is -0.329. The Kier molecular flexibility index (Phi) is 6.22. The van der Waals surface area contributed by atoms with Crippen LogP contribution in [-0.4, -0.2) is 30.8 Å². The minimum absolute atomic E-state index is 0.214. The lowest BCUT2D eigenvalue weighted by atomic mass is 10.2. The highest BCUT2D eigenvalue weighted by Gasteiger charge is 2.14. The van der Waals surface area contributed by atoms with E-state index in [1.807, 2.05) is 0 Å². The molecular weight excluding hydrogens is 210 g/mol. The fourth-order valence-corrected chi connectivity index (χ4v) is 0.773. The third-order valence-corrected chi connectivity index (χ3v) is 1.31. The molecule has 0 bridgehead atoms. The molecule has 5 heteroatoms. The van der Waals surface area contributed by atoms with E-state index in [0.29, 0.717) is 6.54 Å². The monoisotopic (exact) mass is 229 g/mol. The lowest BCUT2D eigenvalue weighted by Gasteiger charge is -2.19. The topological polar surface area (TPSA) is 64.6 Å². The predicted octanol–water partition coefficient (Wildman–Crippen LogP) is 1.63. The highest BCUT2D eigenvalue weighted by Crippen LogP contribution is 2.05. The predicted molar refractivity (Wildman–Crippen MR) is 60.0 cm³/mol. The molecule has 0 aromatic rings. The number of alkyl carbamates (subject to hydrolysis) is 1. The van der Waals surface area contributed by atoms with Gasteiger partial charge in [0.2, 0.25) is 0 Å². The summed E-state index contributed by atoms with van der Waals surface area (Å²) in [4.78, 5) is 21.5. The lowest BCUT2D eigenvalue weighted by molar-refractivity contribution is -0.139. The van der Waals surface area contributed by atoms with Crippen LogP contribution in [0.3, 0.4) is 0 Å². The van der Waals surface area contributed by atoms with Gasteiger partial charge in [0, 0.05) is 13.5 Å². The minimum atomic E-state index is -0.495. The molecule has 0 unspecified atom stereocenters. The van der Waals surface area contributed by atoms with Crippen LogP contribution in [0.2, 0.25) is 0 Å². The maximum Gasteiger partial charge on any atom is 0.407 e. The Labute approximate surface area is 95.8 Å². The van der Waals surface area contributed by atoms with E-state index in [1.54, 1.807) is 32.9 Å². The van der Waals surface area contributed by atoms with Crippen LogP contribution >= 0.6 is 0 Å². The fraction of sp³-hybridized carbons (Fsp3) is 0.636. The van der Waals surface area contributed by atoms with E-state index in [9.17, 15) is 9.59 Å². The van der Waals surface area contributed by atoms with Crippen LogP contribution < -0.4 is 5.32 Å². The van der Waals surface area contributed by atoms with Gasteiger partial charge in [0.1, 0.15) is 12.2 Å². The van der Waals surface area contributed by atoms with Crippen molar-refractivity contribution in [3.63, 3.8) is 0 Å². The number of ether oxygens (including phenoxy) is 2. The van der Waals surface area contributed by atoms with Gasteiger partial charge in [-0.15, -0.1) is 0 Å². The Morgan fingerprint density at radius 2 is 1.88 bits per heavy atom. The van der Waals surface area contributed by atoms with Crippen LogP contribution in [0, 0.1) is 0 Å². The van der Waals surface area contributed by atoms with Crippen molar-refractivity contribution >= 4 is 12.1 Å². The largest absolute Gasteiger partial charge is 0.462 e. The van der Waals surface area contributed by atoms with Gasteiger partial charge in [-0.25, -0.2) is 4.79 Å². The van der Waals surface area contributed by atoms with E-state index in [1.165, 1.54) is 6.92 Å². The molecular formula is C11H19NO4. The number of amides is 1.